The van der Waals surface area contributed by atoms with Crippen LogP contribution in [0.15, 0.2) is 11.1 Å². The molecule has 0 aliphatic carbocycles. The predicted octanol–water partition coefficient (Wildman–Crippen LogP) is 6.97. The Morgan fingerprint density at radius 1 is 0.917 bits per heavy atom. The average Bonchev–Trinajstić information content (AvgIpc) is 2.31. The molecular formula is C22H42OS. The lowest BCUT2D eigenvalue weighted by molar-refractivity contribution is -0.151. The number of thioether (sulfide) groups is 1. The maximum absolute atomic E-state index is 6.87. The van der Waals surface area contributed by atoms with E-state index in [0.29, 0.717) is 11.2 Å². The molecule has 1 aliphatic heterocycles. The summed E-state index contributed by atoms with van der Waals surface area (Å²) in [5, 5.41) is 0.472. The highest BCUT2D eigenvalue weighted by Crippen LogP contribution is 2.56. The van der Waals surface area contributed by atoms with Gasteiger partial charge in [-0.2, -0.15) is 11.8 Å². The van der Waals surface area contributed by atoms with Crippen molar-refractivity contribution in [3.05, 3.63) is 11.1 Å². The third kappa shape index (κ3) is 4.41. The Morgan fingerprint density at radius 3 is 1.67 bits per heavy atom. The van der Waals surface area contributed by atoms with Gasteiger partial charge in [0.15, 0.2) is 0 Å². The van der Waals surface area contributed by atoms with Crippen LogP contribution in [0.3, 0.4) is 0 Å². The fourth-order valence-electron chi connectivity index (χ4n) is 4.35. The highest BCUT2D eigenvalue weighted by atomic mass is 32.2. The second kappa shape index (κ2) is 6.65. The molecule has 2 heteroatoms. The van der Waals surface area contributed by atoms with Crippen LogP contribution >= 0.6 is 11.8 Å². The molecule has 0 aromatic rings. The number of rotatable bonds is 2. The topological polar surface area (TPSA) is 9.23 Å². The molecule has 1 nitrogen and oxygen atoms in total. The molecule has 0 fully saturated rings. The van der Waals surface area contributed by atoms with Gasteiger partial charge in [-0.1, -0.05) is 67.9 Å². The molecule has 1 rings (SSSR count). The summed E-state index contributed by atoms with van der Waals surface area (Å²) in [4.78, 5) is 0. The van der Waals surface area contributed by atoms with Crippen molar-refractivity contribution in [1.29, 1.82) is 0 Å². The first kappa shape index (κ1) is 22.1. The number of hydrogen-bond acceptors (Lipinski definition) is 2. The van der Waals surface area contributed by atoms with Crippen molar-refractivity contribution in [2.75, 3.05) is 6.26 Å². The molecule has 142 valence electrons. The van der Waals surface area contributed by atoms with Crippen LogP contribution in [0.4, 0.5) is 0 Å². The first-order chi connectivity index (χ1) is 10.4. The van der Waals surface area contributed by atoms with E-state index >= 15 is 0 Å². The molecule has 0 N–H and O–H groups in total. The Morgan fingerprint density at radius 2 is 1.38 bits per heavy atom. The van der Waals surface area contributed by atoms with Gasteiger partial charge in [-0.3, -0.25) is 0 Å². The van der Waals surface area contributed by atoms with Crippen LogP contribution in [0.2, 0.25) is 0 Å². The van der Waals surface area contributed by atoms with Crippen molar-refractivity contribution >= 4 is 11.8 Å². The molecule has 0 saturated heterocycles. The van der Waals surface area contributed by atoms with E-state index in [1.54, 1.807) is 5.57 Å². The molecule has 1 aliphatic rings. The van der Waals surface area contributed by atoms with Crippen LogP contribution in [0, 0.1) is 22.2 Å². The van der Waals surface area contributed by atoms with Crippen LogP contribution in [0.25, 0.3) is 0 Å². The lowest BCUT2D eigenvalue weighted by Gasteiger charge is -2.56. The van der Waals surface area contributed by atoms with E-state index in [2.05, 4.69) is 89.3 Å². The second-order valence-electron chi connectivity index (χ2n) is 11.2. The first-order valence-electron chi connectivity index (χ1n) is 9.40. The lowest BCUT2D eigenvalue weighted by Crippen LogP contribution is -2.55. The largest absolute Gasteiger partial charge is 0.367 e. The van der Waals surface area contributed by atoms with E-state index in [9.17, 15) is 0 Å². The number of hydrogen-bond donors (Lipinski definition) is 0. The smallest absolute Gasteiger partial charge is 0.0853 e. The van der Waals surface area contributed by atoms with E-state index in [1.165, 1.54) is 5.57 Å². The van der Waals surface area contributed by atoms with Gasteiger partial charge in [-0.15, -0.1) is 0 Å². The standard InChI is InChI=1S/C22H42OS/c1-14(24-13)15-16(19(2,3)4)17(20(5,6)7)18(21(8,9)10)23-22(15,11)12/h14,17-18H,1-13H3. The van der Waals surface area contributed by atoms with Gasteiger partial charge in [0.1, 0.15) is 0 Å². The Hall–Kier alpha value is 0.0500. The zero-order valence-corrected chi connectivity index (χ0v) is 19.4. The summed E-state index contributed by atoms with van der Waals surface area (Å²) in [6, 6.07) is 0. The molecule has 0 bridgehead atoms. The zero-order chi connectivity index (χ0) is 19.3. The summed E-state index contributed by atoms with van der Waals surface area (Å²) in [6.45, 7) is 28.2. The highest BCUT2D eigenvalue weighted by molar-refractivity contribution is 7.99. The van der Waals surface area contributed by atoms with Crippen molar-refractivity contribution in [3.8, 4) is 0 Å². The van der Waals surface area contributed by atoms with Crippen molar-refractivity contribution < 1.29 is 4.74 Å². The minimum Gasteiger partial charge on any atom is -0.367 e. The van der Waals surface area contributed by atoms with Gasteiger partial charge in [-0.05, 0) is 48.8 Å². The van der Waals surface area contributed by atoms with Gasteiger partial charge in [0.2, 0.25) is 0 Å². The normalized spacial score (nSPS) is 27.4. The Bertz CT molecular complexity index is 480. The minimum absolute atomic E-state index is 0.111. The molecule has 3 unspecified atom stereocenters. The van der Waals surface area contributed by atoms with Crippen LogP contribution in [-0.4, -0.2) is 23.2 Å². The van der Waals surface area contributed by atoms with Gasteiger partial charge in [0.05, 0.1) is 11.7 Å². The zero-order valence-electron chi connectivity index (χ0n) is 18.5. The highest BCUT2D eigenvalue weighted by Gasteiger charge is 2.53. The molecule has 0 aromatic carbocycles. The Labute approximate surface area is 156 Å². The lowest BCUT2D eigenvalue weighted by atomic mass is 9.58. The summed E-state index contributed by atoms with van der Waals surface area (Å²) in [7, 11) is 0. The van der Waals surface area contributed by atoms with E-state index in [0.717, 1.165) is 0 Å². The summed E-state index contributed by atoms with van der Waals surface area (Å²) >= 11 is 1.94. The molecule has 3 atom stereocenters. The van der Waals surface area contributed by atoms with Gasteiger partial charge in [0, 0.05) is 11.2 Å². The number of ether oxygens (including phenoxy) is 1. The van der Waals surface area contributed by atoms with Crippen molar-refractivity contribution in [3.63, 3.8) is 0 Å². The first-order valence-corrected chi connectivity index (χ1v) is 10.7. The molecule has 0 amide bonds. The predicted molar refractivity (Wildman–Crippen MR) is 111 cm³/mol. The SMILES string of the molecule is CSC(C)C1=C(C(C)(C)C)C(C(C)(C)C)C(C(C)(C)C)OC1(C)C. The van der Waals surface area contributed by atoms with E-state index in [-0.39, 0.29) is 27.9 Å². The van der Waals surface area contributed by atoms with Gasteiger partial charge in [0.25, 0.3) is 0 Å². The fourth-order valence-corrected chi connectivity index (χ4v) is 5.00. The Kier molecular flexibility index (Phi) is 6.12. The molecule has 24 heavy (non-hydrogen) atoms. The Balaban J connectivity index is 3.85. The van der Waals surface area contributed by atoms with Crippen LogP contribution in [-0.2, 0) is 4.74 Å². The third-order valence-corrected chi connectivity index (χ3v) is 6.27. The molecule has 0 aromatic heterocycles. The van der Waals surface area contributed by atoms with Crippen LogP contribution < -0.4 is 0 Å². The van der Waals surface area contributed by atoms with E-state index in [4.69, 9.17) is 4.74 Å². The summed E-state index contributed by atoms with van der Waals surface area (Å²) in [6.07, 6.45) is 2.44. The van der Waals surface area contributed by atoms with Gasteiger partial charge in [-0.25, -0.2) is 0 Å². The van der Waals surface area contributed by atoms with Crippen molar-refractivity contribution in [2.45, 2.75) is 100 Å². The van der Waals surface area contributed by atoms with Crippen LogP contribution in [0.1, 0.15) is 83.1 Å². The second-order valence-corrected chi connectivity index (χ2v) is 12.4. The third-order valence-electron chi connectivity index (χ3n) is 5.33. The van der Waals surface area contributed by atoms with Crippen molar-refractivity contribution in [2.24, 2.45) is 22.2 Å². The molecule has 0 spiro atoms. The maximum atomic E-state index is 6.87. The van der Waals surface area contributed by atoms with Crippen LogP contribution in [0.5, 0.6) is 0 Å². The van der Waals surface area contributed by atoms with Gasteiger partial charge < -0.3 is 4.74 Å². The van der Waals surface area contributed by atoms with E-state index < -0.39 is 0 Å². The summed E-state index contributed by atoms with van der Waals surface area (Å²) < 4.78 is 6.87. The molecular weight excluding hydrogens is 312 g/mol. The molecule has 1 heterocycles. The summed E-state index contributed by atoms with van der Waals surface area (Å²) in [5.74, 6) is 0.426. The van der Waals surface area contributed by atoms with Gasteiger partial charge >= 0.3 is 0 Å². The fraction of sp³-hybridized carbons (Fsp3) is 0.909. The molecule has 0 radical (unpaired) electrons. The van der Waals surface area contributed by atoms with Crippen molar-refractivity contribution in [1.82, 2.24) is 0 Å². The minimum atomic E-state index is -0.218. The quantitative estimate of drug-likeness (QED) is 0.495. The monoisotopic (exact) mass is 354 g/mol. The summed E-state index contributed by atoms with van der Waals surface area (Å²) in [5.41, 5.74) is 3.35. The maximum Gasteiger partial charge on any atom is 0.0853 e. The van der Waals surface area contributed by atoms with E-state index in [1.807, 2.05) is 11.8 Å². The molecule has 0 saturated carbocycles. The average molecular weight is 355 g/mol.